The van der Waals surface area contributed by atoms with Gasteiger partial charge in [0.25, 0.3) is 0 Å². The molecule has 0 saturated carbocycles. The number of rotatable bonds is 3. The fourth-order valence-electron chi connectivity index (χ4n) is 3.39. The zero-order valence-electron chi connectivity index (χ0n) is 13.7. The number of pyridine rings is 1. The molecule has 134 valence electrons. The molecule has 4 rings (SSSR count). The summed E-state index contributed by atoms with van der Waals surface area (Å²) in [7, 11) is 0. The molecule has 1 saturated heterocycles. The van der Waals surface area contributed by atoms with Crippen LogP contribution in [-0.4, -0.2) is 36.9 Å². The molecule has 1 aromatic carbocycles. The van der Waals surface area contributed by atoms with Crippen molar-refractivity contribution in [3.63, 3.8) is 0 Å². The zero-order valence-corrected chi connectivity index (χ0v) is 16.1. The Hall–Kier alpha value is -2.13. The summed E-state index contributed by atoms with van der Waals surface area (Å²) in [5.41, 5.74) is 1.23. The van der Waals surface area contributed by atoms with Crippen molar-refractivity contribution in [2.24, 2.45) is 4.99 Å². The van der Waals surface area contributed by atoms with Crippen LogP contribution in [0.15, 0.2) is 46.0 Å². The van der Waals surface area contributed by atoms with E-state index in [1.807, 2.05) is 18.2 Å². The molecule has 0 spiro atoms. The monoisotopic (exact) mass is 434 g/mol. The van der Waals surface area contributed by atoms with Crippen molar-refractivity contribution < 1.29 is 10.0 Å². The Labute approximate surface area is 162 Å². The first-order valence-electron chi connectivity index (χ1n) is 8.04. The fraction of sp³-hybridized carbons (Fsp3) is 0.294. The second-order valence-electron chi connectivity index (χ2n) is 6.26. The summed E-state index contributed by atoms with van der Waals surface area (Å²) < 4.78 is 0.301. The number of nitro benzene ring substituents is 1. The number of thioether (sulfide) groups is 1. The lowest BCUT2D eigenvalue weighted by Crippen LogP contribution is -2.28. The van der Waals surface area contributed by atoms with E-state index >= 15 is 0 Å². The standard InChI is InChI=1S/C17H15BrN4O3S/c1-9-8-21-15(10-6-11(18)16(23)13(7-10)22(24)25)14(20-17(21)26-9)12-4-2-3-5-19-12/h2-7,9,14-15,23H,8H2,1H3/t9-,14-,15-/m1/s1. The Balaban J connectivity index is 1.84. The van der Waals surface area contributed by atoms with Crippen LogP contribution in [0.25, 0.3) is 0 Å². The lowest BCUT2D eigenvalue weighted by molar-refractivity contribution is -0.386. The van der Waals surface area contributed by atoms with Gasteiger partial charge >= 0.3 is 5.69 Å². The van der Waals surface area contributed by atoms with E-state index in [0.717, 1.165) is 23.0 Å². The van der Waals surface area contributed by atoms with E-state index in [9.17, 15) is 15.2 Å². The molecule has 0 radical (unpaired) electrons. The van der Waals surface area contributed by atoms with Crippen LogP contribution in [0.2, 0.25) is 0 Å². The molecule has 26 heavy (non-hydrogen) atoms. The predicted octanol–water partition coefficient (Wildman–Crippen LogP) is 4.05. The highest BCUT2D eigenvalue weighted by Crippen LogP contribution is 2.49. The summed E-state index contributed by atoms with van der Waals surface area (Å²) in [5, 5.41) is 22.7. The minimum absolute atomic E-state index is 0.201. The highest BCUT2D eigenvalue weighted by atomic mass is 79.9. The maximum absolute atomic E-state index is 11.3. The highest BCUT2D eigenvalue weighted by Gasteiger charge is 2.44. The van der Waals surface area contributed by atoms with Gasteiger partial charge in [0.1, 0.15) is 6.04 Å². The summed E-state index contributed by atoms with van der Waals surface area (Å²) in [5.74, 6) is -0.364. The number of hydrogen-bond donors (Lipinski definition) is 1. The summed E-state index contributed by atoms with van der Waals surface area (Å²) in [4.78, 5) is 22.2. The van der Waals surface area contributed by atoms with Crippen molar-refractivity contribution in [3.05, 3.63) is 62.4 Å². The van der Waals surface area contributed by atoms with Crippen LogP contribution < -0.4 is 0 Å². The third-order valence-electron chi connectivity index (χ3n) is 4.49. The number of nitro groups is 1. The summed E-state index contributed by atoms with van der Waals surface area (Å²) in [6.45, 7) is 2.94. The van der Waals surface area contributed by atoms with Gasteiger partial charge in [-0.1, -0.05) is 24.8 Å². The van der Waals surface area contributed by atoms with Gasteiger partial charge in [-0.25, -0.2) is 0 Å². The molecule has 2 aliphatic rings. The number of aliphatic imine (C=N–C) groups is 1. The quantitative estimate of drug-likeness (QED) is 0.578. The van der Waals surface area contributed by atoms with Crippen molar-refractivity contribution in [1.29, 1.82) is 0 Å². The van der Waals surface area contributed by atoms with Crippen molar-refractivity contribution in [2.45, 2.75) is 24.3 Å². The van der Waals surface area contributed by atoms with Gasteiger partial charge in [-0.2, -0.15) is 0 Å². The van der Waals surface area contributed by atoms with E-state index in [-0.39, 0.29) is 23.5 Å². The zero-order chi connectivity index (χ0) is 18.4. The number of amidine groups is 1. The van der Waals surface area contributed by atoms with Crippen molar-refractivity contribution >= 4 is 38.5 Å². The van der Waals surface area contributed by atoms with E-state index in [1.165, 1.54) is 6.07 Å². The van der Waals surface area contributed by atoms with Gasteiger partial charge in [-0.05, 0) is 39.7 Å². The third-order valence-corrected chi connectivity index (χ3v) is 6.19. The van der Waals surface area contributed by atoms with E-state index < -0.39 is 4.92 Å². The highest BCUT2D eigenvalue weighted by molar-refractivity contribution is 9.10. The molecule has 3 heterocycles. The molecule has 1 N–H and O–H groups in total. The van der Waals surface area contributed by atoms with Crippen molar-refractivity contribution in [2.75, 3.05) is 6.54 Å². The largest absolute Gasteiger partial charge is 0.501 e. The Morgan fingerprint density at radius 3 is 2.92 bits per heavy atom. The van der Waals surface area contributed by atoms with Gasteiger partial charge in [0.2, 0.25) is 5.75 Å². The summed E-state index contributed by atoms with van der Waals surface area (Å²) >= 11 is 4.95. The predicted molar refractivity (Wildman–Crippen MR) is 103 cm³/mol. The number of hydrogen-bond acceptors (Lipinski definition) is 7. The number of phenols is 1. The number of fused-ring (bicyclic) bond motifs is 1. The van der Waals surface area contributed by atoms with Gasteiger partial charge in [0.15, 0.2) is 5.17 Å². The van der Waals surface area contributed by atoms with E-state index in [0.29, 0.717) is 9.72 Å². The van der Waals surface area contributed by atoms with E-state index in [4.69, 9.17) is 4.99 Å². The third kappa shape index (κ3) is 2.84. The molecule has 9 heteroatoms. The lowest BCUT2D eigenvalue weighted by Gasteiger charge is -2.27. The van der Waals surface area contributed by atoms with Gasteiger partial charge in [-0.3, -0.25) is 20.1 Å². The average molecular weight is 435 g/mol. The Kier molecular flexibility index (Phi) is 4.36. The van der Waals surface area contributed by atoms with Crippen LogP contribution in [0, 0.1) is 10.1 Å². The van der Waals surface area contributed by atoms with Crippen LogP contribution in [-0.2, 0) is 0 Å². The molecule has 0 unspecified atom stereocenters. The van der Waals surface area contributed by atoms with Gasteiger partial charge in [0, 0.05) is 24.1 Å². The second kappa shape index (κ2) is 6.55. The van der Waals surface area contributed by atoms with E-state index in [2.05, 4.69) is 32.7 Å². The number of aromatic nitrogens is 1. The number of nitrogens with zero attached hydrogens (tertiary/aromatic N) is 4. The Morgan fingerprint density at radius 2 is 2.23 bits per heavy atom. The Bertz CT molecular complexity index is 908. The van der Waals surface area contributed by atoms with Crippen LogP contribution in [0.4, 0.5) is 5.69 Å². The van der Waals surface area contributed by atoms with Crippen LogP contribution >= 0.6 is 27.7 Å². The fourth-order valence-corrected chi connectivity index (χ4v) is 4.95. The van der Waals surface area contributed by atoms with E-state index in [1.54, 1.807) is 24.0 Å². The molecule has 2 aliphatic heterocycles. The first kappa shape index (κ1) is 17.3. The summed E-state index contributed by atoms with van der Waals surface area (Å²) in [6, 6.07) is 8.40. The maximum atomic E-state index is 11.3. The lowest BCUT2D eigenvalue weighted by atomic mass is 9.96. The molecule has 0 amide bonds. The molecular weight excluding hydrogens is 420 g/mol. The number of aromatic hydroxyl groups is 1. The van der Waals surface area contributed by atoms with Gasteiger partial charge in [-0.15, -0.1) is 0 Å². The SMILES string of the molecule is C[C@@H]1CN2C(=N[C@H](c3ccccn3)[C@H]2c2cc(Br)c(O)c([N+](=O)[O-])c2)S1. The van der Waals surface area contributed by atoms with Crippen LogP contribution in [0.3, 0.4) is 0 Å². The molecule has 1 fully saturated rings. The first-order valence-corrected chi connectivity index (χ1v) is 9.72. The molecular formula is C17H15BrN4O3S. The topological polar surface area (TPSA) is 91.9 Å². The second-order valence-corrected chi connectivity index (χ2v) is 8.52. The van der Waals surface area contributed by atoms with Crippen molar-refractivity contribution in [1.82, 2.24) is 9.88 Å². The minimum Gasteiger partial charge on any atom is -0.501 e. The van der Waals surface area contributed by atoms with Crippen LogP contribution in [0.1, 0.15) is 30.3 Å². The average Bonchev–Trinajstić information content (AvgIpc) is 3.13. The van der Waals surface area contributed by atoms with Gasteiger partial charge < -0.3 is 10.0 Å². The number of phenolic OH excluding ortho intramolecular Hbond substituents is 1. The first-order chi connectivity index (χ1) is 12.5. The van der Waals surface area contributed by atoms with Gasteiger partial charge in [0.05, 0.1) is 21.1 Å². The minimum atomic E-state index is -0.572. The maximum Gasteiger partial charge on any atom is 0.312 e. The molecule has 2 aromatic rings. The van der Waals surface area contributed by atoms with Crippen LogP contribution in [0.5, 0.6) is 5.75 Å². The molecule has 0 bridgehead atoms. The molecule has 7 nitrogen and oxygen atoms in total. The smallest absolute Gasteiger partial charge is 0.312 e. The molecule has 1 aromatic heterocycles. The number of halogens is 1. The Morgan fingerprint density at radius 1 is 1.42 bits per heavy atom. The normalized spacial score (nSPS) is 24.5. The number of benzene rings is 1. The van der Waals surface area contributed by atoms with Crippen molar-refractivity contribution in [3.8, 4) is 5.75 Å². The summed E-state index contributed by atoms with van der Waals surface area (Å²) in [6.07, 6.45) is 1.72. The molecule has 3 atom stereocenters. The molecule has 0 aliphatic carbocycles.